The lowest BCUT2D eigenvalue weighted by Crippen LogP contribution is -2.16. The van der Waals surface area contributed by atoms with E-state index in [0.717, 1.165) is 12.1 Å². The first-order valence-corrected chi connectivity index (χ1v) is 5.92. The highest BCUT2D eigenvalue weighted by atomic mass is 16.4. The van der Waals surface area contributed by atoms with Crippen LogP contribution in [0.25, 0.3) is 0 Å². The van der Waals surface area contributed by atoms with Gasteiger partial charge in [0.1, 0.15) is 0 Å². The number of aromatic carboxylic acids is 2. The number of carboxylic acid groups (broad SMARTS) is 2. The first-order valence-electron chi connectivity index (χ1n) is 5.92. The molecule has 0 saturated carbocycles. The highest BCUT2D eigenvalue weighted by molar-refractivity contribution is 6.19. The molecule has 0 amide bonds. The van der Waals surface area contributed by atoms with Crippen LogP contribution in [0.3, 0.4) is 0 Å². The standard InChI is InChI=1S/C15H11NO5/c16-12-10(15(20)21)7-6-9(14(18)19)11(12)13(17)8-4-2-1-3-5-8/h1-7H,16H2,(H,18,19)(H,20,21). The molecule has 4 N–H and O–H groups in total. The number of hydrogen-bond donors (Lipinski definition) is 3. The smallest absolute Gasteiger partial charge is 0.337 e. The minimum Gasteiger partial charge on any atom is -0.478 e. The van der Waals surface area contributed by atoms with Gasteiger partial charge in [0.25, 0.3) is 0 Å². The zero-order chi connectivity index (χ0) is 15.6. The average molecular weight is 285 g/mol. The highest BCUT2D eigenvalue weighted by Crippen LogP contribution is 2.25. The van der Waals surface area contributed by atoms with Crippen molar-refractivity contribution in [1.82, 2.24) is 0 Å². The summed E-state index contributed by atoms with van der Waals surface area (Å²) in [6.07, 6.45) is 0. The summed E-state index contributed by atoms with van der Waals surface area (Å²) in [5, 5.41) is 18.2. The Labute approximate surface area is 119 Å². The first kappa shape index (κ1) is 14.3. The number of nitrogens with two attached hydrogens (primary N) is 1. The number of anilines is 1. The van der Waals surface area contributed by atoms with Crippen molar-refractivity contribution in [1.29, 1.82) is 0 Å². The average Bonchev–Trinajstić information content (AvgIpc) is 2.46. The summed E-state index contributed by atoms with van der Waals surface area (Å²) in [6.45, 7) is 0. The molecule has 106 valence electrons. The van der Waals surface area contributed by atoms with Gasteiger partial charge < -0.3 is 15.9 Å². The van der Waals surface area contributed by atoms with Crippen molar-refractivity contribution in [3.63, 3.8) is 0 Å². The summed E-state index contributed by atoms with van der Waals surface area (Å²) >= 11 is 0. The second-order valence-corrected chi connectivity index (χ2v) is 4.25. The third-order valence-corrected chi connectivity index (χ3v) is 2.97. The Hall–Kier alpha value is -3.15. The predicted molar refractivity (Wildman–Crippen MR) is 74.6 cm³/mol. The van der Waals surface area contributed by atoms with Crippen LogP contribution in [0.4, 0.5) is 5.69 Å². The topological polar surface area (TPSA) is 118 Å². The minimum absolute atomic E-state index is 0.231. The van der Waals surface area contributed by atoms with E-state index in [-0.39, 0.29) is 27.9 Å². The molecule has 2 aromatic rings. The number of carboxylic acids is 2. The van der Waals surface area contributed by atoms with Crippen LogP contribution in [0.1, 0.15) is 36.6 Å². The quantitative estimate of drug-likeness (QED) is 0.583. The van der Waals surface area contributed by atoms with Gasteiger partial charge in [0.05, 0.1) is 22.4 Å². The van der Waals surface area contributed by atoms with Crippen LogP contribution >= 0.6 is 0 Å². The third-order valence-electron chi connectivity index (χ3n) is 2.97. The molecule has 0 unspecified atom stereocenters. The van der Waals surface area contributed by atoms with E-state index in [2.05, 4.69) is 0 Å². The Kier molecular flexibility index (Phi) is 3.71. The molecule has 0 aromatic heterocycles. The lowest BCUT2D eigenvalue weighted by Gasteiger charge is -2.11. The Balaban J connectivity index is 2.70. The van der Waals surface area contributed by atoms with Crippen molar-refractivity contribution in [3.8, 4) is 0 Å². The molecular weight excluding hydrogens is 274 g/mol. The van der Waals surface area contributed by atoms with E-state index in [9.17, 15) is 14.4 Å². The van der Waals surface area contributed by atoms with E-state index in [0.29, 0.717) is 0 Å². The van der Waals surface area contributed by atoms with E-state index in [1.807, 2.05) is 0 Å². The molecule has 0 fully saturated rings. The molecule has 0 aliphatic carbocycles. The fourth-order valence-electron chi connectivity index (χ4n) is 1.96. The van der Waals surface area contributed by atoms with Crippen molar-refractivity contribution in [2.45, 2.75) is 0 Å². The van der Waals surface area contributed by atoms with Crippen molar-refractivity contribution in [3.05, 3.63) is 64.7 Å². The van der Waals surface area contributed by atoms with Gasteiger partial charge in [-0.1, -0.05) is 30.3 Å². The molecule has 6 nitrogen and oxygen atoms in total. The molecule has 6 heteroatoms. The molecule has 0 aliphatic heterocycles. The van der Waals surface area contributed by atoms with Gasteiger partial charge in [0.2, 0.25) is 0 Å². The normalized spacial score (nSPS) is 10.1. The zero-order valence-electron chi connectivity index (χ0n) is 10.7. The number of nitrogen functional groups attached to an aromatic ring is 1. The van der Waals surface area contributed by atoms with Crippen LogP contribution in [-0.4, -0.2) is 27.9 Å². The summed E-state index contributed by atoms with van der Waals surface area (Å²) in [5.41, 5.74) is 4.63. The molecule has 0 aliphatic rings. The summed E-state index contributed by atoms with van der Waals surface area (Å²) in [7, 11) is 0. The molecule has 0 bridgehead atoms. The molecule has 2 rings (SSSR count). The van der Waals surface area contributed by atoms with Crippen molar-refractivity contribution in [2.75, 3.05) is 5.73 Å². The van der Waals surface area contributed by atoms with Crippen molar-refractivity contribution >= 4 is 23.4 Å². The van der Waals surface area contributed by atoms with Gasteiger partial charge in [-0.2, -0.15) is 0 Å². The third kappa shape index (κ3) is 2.59. The fraction of sp³-hybridized carbons (Fsp3) is 0. The maximum Gasteiger partial charge on any atom is 0.337 e. The number of ketones is 1. The highest BCUT2D eigenvalue weighted by Gasteiger charge is 2.24. The predicted octanol–water partition coefficient (Wildman–Crippen LogP) is 1.90. The maximum atomic E-state index is 12.4. The van der Waals surface area contributed by atoms with Crippen molar-refractivity contribution < 1.29 is 24.6 Å². The van der Waals surface area contributed by atoms with Crippen LogP contribution in [0.15, 0.2) is 42.5 Å². The first-order chi connectivity index (χ1) is 9.93. The minimum atomic E-state index is -1.35. The van der Waals surface area contributed by atoms with Gasteiger partial charge in [0.15, 0.2) is 5.78 Å². The molecule has 0 atom stereocenters. The van der Waals surface area contributed by atoms with Crippen LogP contribution in [0, 0.1) is 0 Å². The van der Waals surface area contributed by atoms with E-state index in [1.165, 1.54) is 12.1 Å². The van der Waals surface area contributed by atoms with Crippen LogP contribution in [0.2, 0.25) is 0 Å². The number of benzene rings is 2. The Bertz CT molecular complexity index is 737. The largest absolute Gasteiger partial charge is 0.478 e. The molecule has 0 saturated heterocycles. The van der Waals surface area contributed by atoms with Crippen LogP contribution < -0.4 is 5.73 Å². The monoisotopic (exact) mass is 285 g/mol. The Morgan fingerprint density at radius 1 is 0.810 bits per heavy atom. The molecule has 0 radical (unpaired) electrons. The number of hydrogen-bond acceptors (Lipinski definition) is 4. The number of rotatable bonds is 4. The van der Waals surface area contributed by atoms with Crippen molar-refractivity contribution in [2.24, 2.45) is 0 Å². The molecule has 21 heavy (non-hydrogen) atoms. The zero-order valence-corrected chi connectivity index (χ0v) is 10.7. The van der Waals surface area contributed by atoms with Gasteiger partial charge in [-0.15, -0.1) is 0 Å². The lowest BCUT2D eigenvalue weighted by molar-refractivity contribution is 0.0680. The molecule has 0 heterocycles. The van der Waals surface area contributed by atoms with E-state index in [4.69, 9.17) is 15.9 Å². The SMILES string of the molecule is Nc1c(C(=O)O)ccc(C(=O)O)c1C(=O)c1ccccc1. The van der Waals surface area contributed by atoms with Gasteiger partial charge in [-0.25, -0.2) is 9.59 Å². The van der Waals surface area contributed by atoms with E-state index in [1.54, 1.807) is 18.2 Å². The summed E-state index contributed by atoms with van der Waals surface area (Å²) in [4.78, 5) is 34.7. The fourth-order valence-corrected chi connectivity index (χ4v) is 1.96. The van der Waals surface area contributed by atoms with Gasteiger partial charge in [-0.05, 0) is 12.1 Å². The second kappa shape index (κ2) is 5.46. The molecular formula is C15H11NO5. The maximum absolute atomic E-state index is 12.4. The summed E-state index contributed by atoms with van der Waals surface area (Å²) < 4.78 is 0. The van der Waals surface area contributed by atoms with Crippen LogP contribution in [-0.2, 0) is 0 Å². The number of carbonyl (C=O) groups excluding carboxylic acids is 1. The summed E-state index contributed by atoms with van der Waals surface area (Å²) in [6, 6.07) is 10.1. The van der Waals surface area contributed by atoms with Gasteiger partial charge in [-0.3, -0.25) is 4.79 Å². The van der Waals surface area contributed by atoms with E-state index < -0.39 is 17.7 Å². The molecule has 0 spiro atoms. The van der Waals surface area contributed by atoms with E-state index >= 15 is 0 Å². The second-order valence-electron chi connectivity index (χ2n) is 4.25. The summed E-state index contributed by atoms with van der Waals surface area (Å²) in [5.74, 6) is -3.31. The molecule has 2 aromatic carbocycles. The number of carbonyl (C=O) groups is 3. The Morgan fingerprint density at radius 2 is 1.33 bits per heavy atom. The van der Waals surface area contributed by atoms with Gasteiger partial charge in [0, 0.05) is 5.56 Å². The Morgan fingerprint density at radius 3 is 1.86 bits per heavy atom. The lowest BCUT2D eigenvalue weighted by atomic mass is 9.94. The van der Waals surface area contributed by atoms with Gasteiger partial charge >= 0.3 is 11.9 Å². The van der Waals surface area contributed by atoms with Crippen LogP contribution in [0.5, 0.6) is 0 Å².